The van der Waals surface area contributed by atoms with Crippen molar-refractivity contribution in [2.75, 3.05) is 31.9 Å². The van der Waals surface area contributed by atoms with Gasteiger partial charge in [0, 0.05) is 12.5 Å². The summed E-state index contributed by atoms with van der Waals surface area (Å²) in [6, 6.07) is 39.9. The summed E-state index contributed by atoms with van der Waals surface area (Å²) in [5.41, 5.74) is 9.40. The van der Waals surface area contributed by atoms with E-state index in [1.165, 1.54) is 44.5 Å². The lowest BCUT2D eigenvalue weighted by atomic mass is 9.77. The van der Waals surface area contributed by atoms with Gasteiger partial charge in [-0.25, -0.2) is 34.5 Å². The number of imidazole rings is 2. The number of nitrogens with zero attached hydrogens (tertiary/aromatic N) is 8. The summed E-state index contributed by atoms with van der Waals surface area (Å²) in [5.74, 6) is 1.01. The Labute approximate surface area is 539 Å². The lowest BCUT2D eigenvalue weighted by Crippen LogP contribution is -2.41. The summed E-state index contributed by atoms with van der Waals surface area (Å²) in [5, 5.41) is 40.4. The fraction of sp³-hybridized carbons (Fsp3) is 0.381. The summed E-state index contributed by atoms with van der Waals surface area (Å²) < 4.78 is 70.0. The second kappa shape index (κ2) is 30.1. The Morgan fingerprint density at radius 3 is 1.91 bits per heavy atom. The molecule has 0 aliphatic carbocycles. The number of esters is 1. The number of nitrogens with one attached hydrogen (secondary N) is 2. The van der Waals surface area contributed by atoms with E-state index in [0.29, 0.717) is 27.9 Å². The van der Waals surface area contributed by atoms with Gasteiger partial charge in [0.05, 0.1) is 38.6 Å². The number of carbonyl (C=O) groups is 1. The van der Waals surface area contributed by atoms with E-state index in [0.717, 1.165) is 35.8 Å². The second-order valence-corrected chi connectivity index (χ2v) is 28.9. The predicted molar refractivity (Wildman–Crippen MR) is 357 cm³/mol. The summed E-state index contributed by atoms with van der Waals surface area (Å²) in [6.07, 6.45) is -3.72. The third-order valence-electron chi connectivity index (χ3n) is 15.3. The molecule has 0 amide bonds. The van der Waals surface area contributed by atoms with E-state index in [-0.39, 0.29) is 36.7 Å². The highest BCUT2D eigenvalue weighted by Gasteiger charge is 2.56. The minimum absolute atomic E-state index is 0. The molecular weight excluding hydrogens is 1260 g/mol. The van der Waals surface area contributed by atoms with E-state index in [2.05, 4.69) is 84.6 Å². The number of methoxy groups -OCH3 is 2. The Morgan fingerprint density at radius 1 is 0.717 bits per heavy atom. The molecule has 3 aliphatic rings. The lowest BCUT2D eigenvalue weighted by molar-refractivity contribution is -0.259. The molecule has 29 heteroatoms. The number of aromatic nitrogens is 8. The number of rotatable bonds is 19. The average Bonchev–Trinajstić information content (AvgIpc) is 1.25. The second-order valence-electron chi connectivity index (χ2n) is 23.0. The van der Waals surface area contributed by atoms with Crippen LogP contribution in [0.25, 0.3) is 33.1 Å². The molecule has 9 aromatic rings. The van der Waals surface area contributed by atoms with Gasteiger partial charge in [-0.1, -0.05) is 145 Å². The molecule has 4 aromatic heterocycles. The number of aliphatic hydroxyl groups excluding tert-OH is 3. The standard InChI is InChI=1S/C33H33N5O6.C29H37N6O8P.CH4.H5P3/c1-20(39)26-27-28(44-32(41-3)43-27)31(42-26)38-19-36-25-29(34-18-35-30(25)38)37-33(21-10-6-4-7-11-21,22-12-8-5-9-13-22)23-14-16-24(40-2)17-15-23;1-16(28(38)40-13-29(3,4)5)34-44(39,43-20-12-8-10-18-9-6-7-11-19(18)20)42-17(2)24-22(36)23(37)27(41-24)35-15-33-21-25(30)31-14-32-26(21)35;;1-3-2/h4-20,26-28,31-32,39H,1-3H3,(H,34,35,37);6-12,14-17,22-24,27,36-37H,13H2,1-5H3,(H,34,39)(H2,30,31,32);1H4;3H,1-2H2/t20-,26+,27+,28+,31+,32?;16-,17-,22-,23+,24+,27+,44?;;/m00../s1. The summed E-state index contributed by atoms with van der Waals surface area (Å²) in [4.78, 5) is 39.2. The van der Waals surface area contributed by atoms with Crippen molar-refractivity contribution in [2.24, 2.45) is 5.41 Å². The van der Waals surface area contributed by atoms with Gasteiger partial charge in [-0.15, -0.1) is 17.9 Å². The third kappa shape index (κ3) is 14.9. The monoisotopic (exact) mass is 1340 g/mol. The van der Waals surface area contributed by atoms with Crippen LogP contribution in [0.4, 0.5) is 11.6 Å². The molecule has 0 radical (unpaired) electrons. The Hall–Kier alpha value is -6.75. The van der Waals surface area contributed by atoms with Gasteiger partial charge in [0.25, 0.3) is 6.48 Å². The molecule has 15 atom stereocenters. The first kappa shape index (κ1) is 69.6. The summed E-state index contributed by atoms with van der Waals surface area (Å²) in [7, 11) is 4.83. The summed E-state index contributed by atoms with van der Waals surface area (Å²) >= 11 is 0. The van der Waals surface area contributed by atoms with Crippen LogP contribution in [0.1, 0.15) is 78.1 Å². The first-order valence-electron chi connectivity index (χ1n) is 29.1. The maximum Gasteiger partial charge on any atom is 0.459 e. The number of ether oxygens (including phenoxy) is 7. The highest BCUT2D eigenvalue weighted by Crippen LogP contribution is 2.50. The molecule has 0 bridgehead atoms. The van der Waals surface area contributed by atoms with Crippen LogP contribution in [-0.2, 0) is 47.8 Å². The van der Waals surface area contributed by atoms with E-state index in [4.69, 9.17) is 57.9 Å². The number of nitrogen functional groups attached to an aromatic ring is 1. The van der Waals surface area contributed by atoms with Crippen molar-refractivity contribution in [3.05, 3.63) is 169 Å². The molecule has 92 heavy (non-hydrogen) atoms. The van der Waals surface area contributed by atoms with E-state index in [9.17, 15) is 24.7 Å². The van der Waals surface area contributed by atoms with Crippen LogP contribution >= 0.6 is 33.6 Å². The SMILES string of the molecule is C.COc1ccc(C(Nc2ncnc3c2ncn3[C@@H]2O[C@H]([C@H](C)O)[C@H]3OC(OC)O[C@H]32)(c2ccccc2)c2ccccc2)cc1.C[C@H](NP(=O)(Oc1cccc2ccccc12)O[C@@H](C)[C@H]1O[C@@H](n2cnc3c(N)ncnc32)[C@H](O)[C@@H]1O)C(=O)OCC(C)(C)C.PPP. The van der Waals surface area contributed by atoms with Crippen molar-refractivity contribution >= 4 is 84.3 Å². The molecule has 5 aromatic carbocycles. The maximum atomic E-state index is 14.4. The molecule has 0 saturated carbocycles. The maximum absolute atomic E-state index is 14.4. The zero-order valence-electron chi connectivity index (χ0n) is 51.2. The lowest BCUT2D eigenvalue weighted by Gasteiger charge is -2.37. The molecule has 4 unspecified atom stereocenters. The number of hydrogen-bond donors (Lipinski definition) is 6. The zero-order chi connectivity index (χ0) is 64.8. The molecule has 490 valence electrons. The first-order valence-corrected chi connectivity index (χ1v) is 35.3. The van der Waals surface area contributed by atoms with Crippen molar-refractivity contribution in [3.63, 3.8) is 0 Å². The highest BCUT2D eigenvalue weighted by atomic mass is 32.4. The first-order chi connectivity index (χ1) is 43.7. The van der Waals surface area contributed by atoms with Crippen LogP contribution in [0, 0.1) is 5.41 Å². The number of benzene rings is 5. The Bertz CT molecular complexity index is 3900. The van der Waals surface area contributed by atoms with Gasteiger partial charge < -0.3 is 64.1 Å². The Kier molecular flexibility index (Phi) is 22.8. The topological polar surface area (TPSA) is 315 Å². The molecule has 7 heterocycles. The molecule has 12 rings (SSSR count). The fourth-order valence-corrected chi connectivity index (χ4v) is 12.8. The van der Waals surface area contributed by atoms with Crippen LogP contribution in [0.15, 0.2) is 153 Å². The van der Waals surface area contributed by atoms with Crippen molar-refractivity contribution in [1.82, 2.24) is 44.1 Å². The van der Waals surface area contributed by atoms with Gasteiger partial charge >= 0.3 is 13.7 Å². The number of anilines is 2. The van der Waals surface area contributed by atoms with Gasteiger partial charge in [0.2, 0.25) is 0 Å². The largest absolute Gasteiger partial charge is 0.497 e. The van der Waals surface area contributed by atoms with Gasteiger partial charge in [-0.05, 0) is 66.5 Å². The molecule has 25 nitrogen and oxygen atoms in total. The van der Waals surface area contributed by atoms with Crippen LogP contribution < -0.4 is 25.4 Å². The molecule has 3 saturated heterocycles. The zero-order valence-corrected chi connectivity index (χ0v) is 55.4. The van der Waals surface area contributed by atoms with E-state index < -0.39 is 93.1 Å². The minimum Gasteiger partial charge on any atom is -0.497 e. The van der Waals surface area contributed by atoms with Crippen molar-refractivity contribution in [1.29, 1.82) is 0 Å². The summed E-state index contributed by atoms with van der Waals surface area (Å²) in [6.45, 7) is 9.69. The predicted octanol–water partition coefficient (Wildman–Crippen LogP) is 9.45. The van der Waals surface area contributed by atoms with Gasteiger partial charge in [0.15, 0.2) is 40.9 Å². The number of hydrogen-bond acceptors (Lipinski definition) is 22. The Morgan fingerprint density at radius 2 is 1.28 bits per heavy atom. The van der Waals surface area contributed by atoms with Gasteiger partial charge in [-0.2, -0.15) is 5.09 Å². The van der Waals surface area contributed by atoms with Crippen molar-refractivity contribution < 1.29 is 66.9 Å². The average molecular weight is 1340 g/mol. The van der Waals surface area contributed by atoms with Gasteiger partial charge in [0.1, 0.15) is 77.9 Å². The minimum atomic E-state index is -4.38. The number of aliphatic hydroxyl groups is 3. The number of carbonyl (C=O) groups excluding carboxylic acids is 1. The molecule has 0 spiro atoms. The normalized spacial score (nSPS) is 22.8. The van der Waals surface area contributed by atoms with Crippen LogP contribution in [-0.4, -0.2) is 143 Å². The molecule has 3 aliphatic heterocycles. The van der Waals surface area contributed by atoms with Crippen molar-refractivity contribution in [2.45, 2.75) is 128 Å². The highest BCUT2D eigenvalue weighted by molar-refractivity contribution is 8.33. The van der Waals surface area contributed by atoms with E-state index in [1.54, 1.807) is 43.1 Å². The van der Waals surface area contributed by atoms with Crippen LogP contribution in [0.2, 0.25) is 0 Å². The quantitative estimate of drug-likeness (QED) is 0.0249. The van der Waals surface area contributed by atoms with E-state index >= 15 is 0 Å². The third-order valence-corrected chi connectivity index (χ3v) is 17.1. The van der Waals surface area contributed by atoms with Crippen LogP contribution in [0.5, 0.6) is 11.5 Å². The smallest absolute Gasteiger partial charge is 0.459 e. The molecule has 7 N–H and O–H groups in total. The molecular formula is C63H79N11O14P4. The Balaban J connectivity index is 0.000000206. The van der Waals surface area contributed by atoms with E-state index in [1.807, 2.05) is 93.6 Å². The fourth-order valence-electron chi connectivity index (χ4n) is 11.0. The molecule has 3 fully saturated rings. The number of fused-ring (bicyclic) bond motifs is 4. The van der Waals surface area contributed by atoms with Crippen molar-refractivity contribution in [3.8, 4) is 11.5 Å². The number of nitrogens with two attached hydrogens (primary N) is 1. The van der Waals surface area contributed by atoms with Crippen LogP contribution in [0.3, 0.4) is 0 Å². The van der Waals surface area contributed by atoms with Gasteiger partial charge in [-0.3, -0.25) is 18.5 Å².